The third kappa shape index (κ3) is 3.73. The minimum Gasteiger partial charge on any atom is -0.454 e. The van der Waals surface area contributed by atoms with E-state index in [4.69, 9.17) is 4.74 Å². The highest BCUT2D eigenvalue weighted by Crippen LogP contribution is 2.22. The van der Waals surface area contributed by atoms with Crippen LogP contribution < -0.4 is 0 Å². The molecule has 0 aliphatic rings. The molecule has 0 radical (unpaired) electrons. The number of hydrogen-bond acceptors (Lipinski definition) is 4. The summed E-state index contributed by atoms with van der Waals surface area (Å²) in [6, 6.07) is 9.37. The van der Waals surface area contributed by atoms with E-state index < -0.39 is 5.97 Å². The normalized spacial score (nSPS) is 10.9. The number of benzene rings is 1. The third-order valence-electron chi connectivity index (χ3n) is 3.96. The van der Waals surface area contributed by atoms with Gasteiger partial charge >= 0.3 is 5.97 Å². The molecule has 0 amide bonds. The van der Waals surface area contributed by atoms with Gasteiger partial charge in [0.1, 0.15) is 0 Å². The Morgan fingerprint density at radius 1 is 1.17 bits per heavy atom. The van der Waals surface area contributed by atoms with Crippen LogP contribution in [0, 0.1) is 13.8 Å². The van der Waals surface area contributed by atoms with Crippen LogP contribution >= 0.6 is 11.8 Å². The Morgan fingerprint density at radius 3 is 2.42 bits per heavy atom. The van der Waals surface area contributed by atoms with E-state index in [1.165, 1.54) is 11.8 Å². The highest BCUT2D eigenvalue weighted by molar-refractivity contribution is 7.98. The lowest BCUT2D eigenvalue weighted by atomic mass is 10.1. The monoisotopic (exact) mass is 345 g/mol. The summed E-state index contributed by atoms with van der Waals surface area (Å²) in [5, 5.41) is 0. The van der Waals surface area contributed by atoms with Crippen LogP contribution in [0.25, 0.3) is 0 Å². The van der Waals surface area contributed by atoms with E-state index >= 15 is 0 Å². The van der Waals surface area contributed by atoms with Crippen molar-refractivity contribution in [2.75, 3.05) is 12.9 Å². The van der Waals surface area contributed by atoms with Gasteiger partial charge in [-0.25, -0.2) is 4.79 Å². The molecule has 2 aromatic rings. The number of thioether (sulfide) groups is 1. The number of ether oxygens (including phenoxy) is 1. The van der Waals surface area contributed by atoms with Gasteiger partial charge in [0, 0.05) is 27.9 Å². The maximum absolute atomic E-state index is 12.4. The maximum atomic E-state index is 12.4. The zero-order chi connectivity index (χ0) is 17.9. The minimum atomic E-state index is -0.467. The molecule has 2 rings (SSSR count). The molecule has 1 heterocycles. The van der Waals surface area contributed by atoms with Crippen molar-refractivity contribution in [2.24, 2.45) is 0 Å². The van der Waals surface area contributed by atoms with Gasteiger partial charge in [-0.1, -0.05) is 12.1 Å². The lowest BCUT2D eigenvalue weighted by Crippen LogP contribution is -2.16. The molecular formula is C19H23NO3S. The SMILES string of the molecule is CSc1ccccc1C(=O)OCC(=O)c1cc(C)n(C(C)C)c1C. The second-order valence-corrected chi connectivity index (χ2v) is 6.80. The molecule has 0 spiro atoms. The van der Waals surface area contributed by atoms with E-state index in [9.17, 15) is 9.59 Å². The summed E-state index contributed by atoms with van der Waals surface area (Å²) in [6.45, 7) is 7.81. The maximum Gasteiger partial charge on any atom is 0.339 e. The van der Waals surface area contributed by atoms with Gasteiger partial charge in [-0.3, -0.25) is 4.79 Å². The molecule has 0 saturated carbocycles. The van der Waals surface area contributed by atoms with Crippen LogP contribution in [0.1, 0.15) is 52.0 Å². The Hall–Kier alpha value is -2.01. The van der Waals surface area contributed by atoms with Crippen molar-refractivity contribution in [2.45, 2.75) is 38.6 Å². The van der Waals surface area contributed by atoms with Crippen molar-refractivity contribution < 1.29 is 14.3 Å². The van der Waals surface area contributed by atoms with Gasteiger partial charge in [-0.05, 0) is 52.1 Å². The average Bonchev–Trinajstić information content (AvgIpc) is 2.86. The number of nitrogens with zero attached hydrogens (tertiary/aromatic N) is 1. The first-order valence-corrected chi connectivity index (χ1v) is 9.11. The highest BCUT2D eigenvalue weighted by Gasteiger charge is 2.19. The first-order chi connectivity index (χ1) is 11.4. The number of aryl methyl sites for hydroxylation is 1. The average molecular weight is 345 g/mol. The molecule has 1 aromatic carbocycles. The Balaban J connectivity index is 2.11. The lowest BCUT2D eigenvalue weighted by molar-refractivity contribution is 0.0471. The topological polar surface area (TPSA) is 48.3 Å². The Labute approximate surface area is 147 Å². The van der Waals surface area contributed by atoms with E-state index in [-0.39, 0.29) is 18.4 Å². The van der Waals surface area contributed by atoms with Crippen LogP contribution in [0.15, 0.2) is 35.2 Å². The van der Waals surface area contributed by atoms with Gasteiger partial charge in [-0.2, -0.15) is 0 Å². The molecule has 0 bridgehead atoms. The molecule has 0 atom stereocenters. The fourth-order valence-electron chi connectivity index (χ4n) is 2.95. The number of ketones is 1. The second-order valence-electron chi connectivity index (χ2n) is 5.95. The molecular weight excluding hydrogens is 322 g/mol. The van der Waals surface area contributed by atoms with Crippen molar-refractivity contribution in [3.8, 4) is 0 Å². The Bertz CT molecular complexity index is 762. The smallest absolute Gasteiger partial charge is 0.339 e. The van der Waals surface area contributed by atoms with Gasteiger partial charge in [0.2, 0.25) is 5.78 Å². The number of carbonyl (C=O) groups is 2. The van der Waals surface area contributed by atoms with Crippen molar-refractivity contribution in [3.05, 3.63) is 52.8 Å². The largest absolute Gasteiger partial charge is 0.454 e. The summed E-state index contributed by atoms with van der Waals surface area (Å²) in [5.74, 6) is -0.643. The second kappa shape index (κ2) is 7.71. The standard InChI is InChI=1S/C19H23NO3S/c1-12(2)20-13(3)10-16(14(20)4)17(21)11-23-19(22)15-8-6-7-9-18(15)24-5/h6-10,12H,11H2,1-5H3. The van der Waals surface area contributed by atoms with Crippen LogP contribution in [0.4, 0.5) is 0 Å². The first kappa shape index (κ1) is 18.3. The van der Waals surface area contributed by atoms with Gasteiger partial charge in [0.15, 0.2) is 6.61 Å². The van der Waals surface area contributed by atoms with E-state index in [0.29, 0.717) is 11.1 Å². The van der Waals surface area contributed by atoms with E-state index in [2.05, 4.69) is 18.4 Å². The van der Waals surface area contributed by atoms with E-state index in [1.54, 1.807) is 12.1 Å². The predicted molar refractivity (Wildman–Crippen MR) is 97.1 cm³/mol. The van der Waals surface area contributed by atoms with Crippen LogP contribution in [0.2, 0.25) is 0 Å². The number of Topliss-reactive ketones (excluding diaryl/α,β-unsaturated/α-hetero) is 1. The molecule has 1 aromatic heterocycles. The molecule has 0 aliphatic heterocycles. The van der Waals surface area contributed by atoms with Gasteiger partial charge in [-0.15, -0.1) is 11.8 Å². The fourth-order valence-corrected chi connectivity index (χ4v) is 3.54. The summed E-state index contributed by atoms with van der Waals surface area (Å²) in [5.41, 5.74) is 3.05. The number of esters is 1. The number of carbonyl (C=O) groups excluding carboxylic acids is 2. The number of rotatable bonds is 6. The minimum absolute atomic E-state index is 0.176. The molecule has 0 aliphatic carbocycles. The van der Waals surface area contributed by atoms with Crippen molar-refractivity contribution in [3.63, 3.8) is 0 Å². The highest BCUT2D eigenvalue weighted by atomic mass is 32.2. The van der Waals surface area contributed by atoms with Crippen LogP contribution in [-0.4, -0.2) is 29.2 Å². The van der Waals surface area contributed by atoms with Crippen molar-refractivity contribution in [1.29, 1.82) is 0 Å². The van der Waals surface area contributed by atoms with Gasteiger partial charge < -0.3 is 9.30 Å². The summed E-state index contributed by atoms with van der Waals surface area (Å²) in [7, 11) is 0. The van der Waals surface area contributed by atoms with Crippen molar-refractivity contribution >= 4 is 23.5 Å². The van der Waals surface area contributed by atoms with Crippen LogP contribution in [0.3, 0.4) is 0 Å². The first-order valence-electron chi connectivity index (χ1n) is 7.88. The lowest BCUT2D eigenvalue weighted by Gasteiger charge is -2.13. The van der Waals surface area contributed by atoms with E-state index in [1.807, 2.05) is 38.3 Å². The van der Waals surface area contributed by atoms with Crippen LogP contribution in [0.5, 0.6) is 0 Å². The zero-order valence-electron chi connectivity index (χ0n) is 14.8. The molecule has 5 heteroatoms. The van der Waals surface area contributed by atoms with Gasteiger partial charge in [0.05, 0.1) is 5.56 Å². The molecule has 0 unspecified atom stereocenters. The molecule has 24 heavy (non-hydrogen) atoms. The zero-order valence-corrected chi connectivity index (χ0v) is 15.6. The van der Waals surface area contributed by atoms with Crippen molar-refractivity contribution in [1.82, 2.24) is 4.57 Å². The Morgan fingerprint density at radius 2 is 1.83 bits per heavy atom. The summed E-state index contributed by atoms with van der Waals surface area (Å²) < 4.78 is 7.35. The fraction of sp³-hybridized carbons (Fsp3) is 0.368. The Kier molecular flexibility index (Phi) is 5.89. The van der Waals surface area contributed by atoms with Gasteiger partial charge in [0.25, 0.3) is 0 Å². The summed E-state index contributed by atoms with van der Waals surface area (Å²) in [6.07, 6.45) is 1.90. The summed E-state index contributed by atoms with van der Waals surface area (Å²) >= 11 is 1.48. The molecule has 0 fully saturated rings. The third-order valence-corrected chi connectivity index (χ3v) is 4.76. The van der Waals surface area contributed by atoms with Crippen LogP contribution in [-0.2, 0) is 4.74 Å². The number of aromatic nitrogens is 1. The summed E-state index contributed by atoms with van der Waals surface area (Å²) in [4.78, 5) is 25.5. The molecule has 4 nitrogen and oxygen atoms in total. The quantitative estimate of drug-likeness (QED) is 0.441. The molecule has 128 valence electrons. The molecule has 0 saturated heterocycles. The number of hydrogen-bond donors (Lipinski definition) is 0. The molecule has 0 N–H and O–H groups in total. The van der Waals surface area contributed by atoms with E-state index in [0.717, 1.165) is 16.3 Å². The predicted octanol–water partition coefficient (Wildman–Crippen LogP) is 4.45.